The highest BCUT2D eigenvalue weighted by Gasteiger charge is 2.20. The molecule has 1 aromatic carbocycles. The minimum atomic E-state index is 0.216. The number of para-hydroxylation sites is 1. The van der Waals surface area contributed by atoms with Crippen LogP contribution in [0.1, 0.15) is 29.2 Å². The maximum atomic E-state index is 4.69. The van der Waals surface area contributed by atoms with Crippen molar-refractivity contribution in [2.75, 3.05) is 6.54 Å². The summed E-state index contributed by atoms with van der Waals surface area (Å²) in [4.78, 5) is 1.20. The van der Waals surface area contributed by atoms with E-state index >= 15 is 0 Å². The van der Waals surface area contributed by atoms with Crippen molar-refractivity contribution in [2.45, 2.75) is 26.3 Å². The highest BCUT2D eigenvalue weighted by Crippen LogP contribution is 2.26. The standard InChI is InChI=1S/C15H19N5S/c1-4-16-13(15-10(2)17-19-21-15)9-12-11-7-5-6-8-14(11)20(3)18-12/h5-8,13,16H,4,9H2,1-3H3. The number of fused-ring (bicyclic) bond motifs is 1. The summed E-state index contributed by atoms with van der Waals surface area (Å²) in [5, 5.41) is 13.6. The molecule has 0 amide bonds. The summed E-state index contributed by atoms with van der Waals surface area (Å²) in [5.74, 6) is 0. The Bertz CT molecular complexity index is 745. The Hall–Kier alpha value is -1.79. The van der Waals surface area contributed by atoms with E-state index in [9.17, 15) is 0 Å². The zero-order chi connectivity index (χ0) is 14.8. The summed E-state index contributed by atoms with van der Waals surface area (Å²) in [5.41, 5.74) is 3.29. The van der Waals surface area contributed by atoms with Gasteiger partial charge in [0.25, 0.3) is 0 Å². The number of aromatic nitrogens is 4. The molecule has 1 atom stereocenters. The van der Waals surface area contributed by atoms with E-state index in [2.05, 4.69) is 40.0 Å². The van der Waals surface area contributed by atoms with E-state index in [0.717, 1.165) is 24.4 Å². The third kappa shape index (κ3) is 2.69. The average molecular weight is 301 g/mol. The van der Waals surface area contributed by atoms with Crippen LogP contribution >= 0.6 is 11.5 Å². The first-order valence-corrected chi connectivity index (χ1v) is 7.91. The second-order valence-electron chi connectivity index (χ2n) is 5.12. The van der Waals surface area contributed by atoms with Crippen LogP contribution in [0.5, 0.6) is 0 Å². The number of aryl methyl sites for hydroxylation is 2. The summed E-state index contributed by atoms with van der Waals surface area (Å²) in [7, 11) is 1.99. The molecule has 0 radical (unpaired) electrons. The summed E-state index contributed by atoms with van der Waals surface area (Å²) in [6.45, 7) is 5.04. The van der Waals surface area contributed by atoms with Crippen molar-refractivity contribution in [3.63, 3.8) is 0 Å². The summed E-state index contributed by atoms with van der Waals surface area (Å²) >= 11 is 1.47. The largest absolute Gasteiger partial charge is 0.309 e. The number of hydrogen-bond donors (Lipinski definition) is 1. The summed E-state index contributed by atoms with van der Waals surface area (Å²) in [6.07, 6.45) is 0.847. The number of likely N-dealkylation sites (N-methyl/N-ethyl adjacent to an activating group) is 1. The van der Waals surface area contributed by atoms with Gasteiger partial charge in [-0.3, -0.25) is 4.68 Å². The van der Waals surface area contributed by atoms with Crippen molar-refractivity contribution in [1.29, 1.82) is 0 Å². The first kappa shape index (κ1) is 14.2. The molecule has 5 nitrogen and oxygen atoms in total. The first-order chi connectivity index (χ1) is 10.2. The van der Waals surface area contributed by atoms with Gasteiger partial charge in [-0.2, -0.15) is 5.10 Å². The lowest BCUT2D eigenvalue weighted by atomic mass is 10.1. The minimum Gasteiger partial charge on any atom is -0.309 e. The molecule has 0 bridgehead atoms. The Balaban J connectivity index is 1.97. The van der Waals surface area contributed by atoms with Crippen LogP contribution in [0.4, 0.5) is 0 Å². The lowest BCUT2D eigenvalue weighted by molar-refractivity contribution is 0.546. The molecule has 0 saturated carbocycles. The Labute approximate surface area is 128 Å². The first-order valence-electron chi connectivity index (χ1n) is 7.13. The quantitative estimate of drug-likeness (QED) is 0.787. The van der Waals surface area contributed by atoms with Crippen LogP contribution in [0.15, 0.2) is 24.3 Å². The highest BCUT2D eigenvalue weighted by molar-refractivity contribution is 7.05. The number of hydrogen-bond acceptors (Lipinski definition) is 5. The Morgan fingerprint density at radius 2 is 2.14 bits per heavy atom. The van der Waals surface area contributed by atoms with Gasteiger partial charge in [-0.1, -0.05) is 29.6 Å². The molecule has 3 rings (SSSR count). The van der Waals surface area contributed by atoms with Gasteiger partial charge in [0.05, 0.1) is 27.8 Å². The van der Waals surface area contributed by atoms with Gasteiger partial charge in [-0.15, -0.1) is 5.10 Å². The topological polar surface area (TPSA) is 55.6 Å². The van der Waals surface area contributed by atoms with Crippen molar-refractivity contribution < 1.29 is 0 Å². The van der Waals surface area contributed by atoms with Gasteiger partial charge in [0.1, 0.15) is 0 Å². The van der Waals surface area contributed by atoms with Crippen molar-refractivity contribution in [3.8, 4) is 0 Å². The van der Waals surface area contributed by atoms with Gasteiger partial charge in [-0.25, -0.2) is 0 Å². The molecule has 0 aliphatic carbocycles. The summed E-state index contributed by atoms with van der Waals surface area (Å²) < 4.78 is 6.01. The van der Waals surface area contributed by atoms with E-state index in [0.29, 0.717) is 0 Å². The zero-order valence-electron chi connectivity index (χ0n) is 12.5. The molecule has 0 fully saturated rings. The van der Waals surface area contributed by atoms with Gasteiger partial charge < -0.3 is 5.32 Å². The molecule has 0 spiro atoms. The van der Waals surface area contributed by atoms with E-state index in [-0.39, 0.29) is 6.04 Å². The average Bonchev–Trinajstić information content (AvgIpc) is 3.04. The van der Waals surface area contributed by atoms with E-state index < -0.39 is 0 Å². The van der Waals surface area contributed by atoms with Crippen molar-refractivity contribution >= 4 is 22.4 Å². The van der Waals surface area contributed by atoms with Gasteiger partial charge in [0.15, 0.2) is 0 Å². The van der Waals surface area contributed by atoms with Gasteiger partial charge in [0.2, 0.25) is 0 Å². The van der Waals surface area contributed by atoms with Gasteiger partial charge in [0, 0.05) is 18.9 Å². The van der Waals surface area contributed by atoms with E-state index in [4.69, 9.17) is 5.10 Å². The van der Waals surface area contributed by atoms with Crippen LogP contribution < -0.4 is 5.32 Å². The van der Waals surface area contributed by atoms with Gasteiger partial charge in [-0.05, 0) is 31.1 Å². The van der Waals surface area contributed by atoms with E-state index in [1.165, 1.54) is 27.3 Å². The number of rotatable bonds is 5. The SMILES string of the molecule is CCNC(Cc1nn(C)c2ccccc12)c1snnc1C. The smallest absolute Gasteiger partial charge is 0.0772 e. The van der Waals surface area contributed by atoms with E-state index in [1.54, 1.807) is 0 Å². The maximum absolute atomic E-state index is 4.69. The molecule has 0 aliphatic rings. The predicted octanol–water partition coefficient (Wildman–Crippen LogP) is 2.63. The molecular weight excluding hydrogens is 282 g/mol. The second-order valence-corrected chi connectivity index (χ2v) is 5.91. The zero-order valence-corrected chi connectivity index (χ0v) is 13.3. The normalized spacial score (nSPS) is 12.9. The monoisotopic (exact) mass is 301 g/mol. The van der Waals surface area contributed by atoms with Crippen LogP contribution in [0.2, 0.25) is 0 Å². The third-order valence-corrected chi connectivity index (χ3v) is 4.63. The van der Waals surface area contributed by atoms with Gasteiger partial charge >= 0.3 is 0 Å². The number of nitrogens with one attached hydrogen (secondary N) is 1. The highest BCUT2D eigenvalue weighted by atomic mass is 32.1. The molecule has 6 heteroatoms. The Morgan fingerprint density at radius 3 is 2.86 bits per heavy atom. The lowest BCUT2D eigenvalue weighted by Crippen LogP contribution is -2.23. The fourth-order valence-electron chi connectivity index (χ4n) is 2.69. The molecule has 2 heterocycles. The lowest BCUT2D eigenvalue weighted by Gasteiger charge is -2.15. The molecule has 3 aromatic rings. The molecule has 1 unspecified atom stereocenters. The predicted molar refractivity (Wildman–Crippen MR) is 85.5 cm³/mol. The van der Waals surface area contributed by atoms with E-state index in [1.807, 2.05) is 24.7 Å². The van der Waals surface area contributed by atoms with Crippen LogP contribution in [0, 0.1) is 6.92 Å². The molecule has 0 aliphatic heterocycles. The van der Waals surface area contributed by atoms with Crippen LogP contribution in [0.25, 0.3) is 10.9 Å². The number of nitrogens with zero attached hydrogens (tertiary/aromatic N) is 4. The van der Waals surface area contributed by atoms with Crippen LogP contribution in [0.3, 0.4) is 0 Å². The second kappa shape index (κ2) is 5.91. The third-order valence-electron chi connectivity index (χ3n) is 3.69. The van der Waals surface area contributed by atoms with Crippen molar-refractivity contribution in [2.24, 2.45) is 7.05 Å². The molecular formula is C15H19N5S. The molecule has 110 valence electrons. The van der Waals surface area contributed by atoms with Crippen molar-refractivity contribution in [3.05, 3.63) is 40.5 Å². The fourth-order valence-corrected chi connectivity index (χ4v) is 3.41. The van der Waals surface area contributed by atoms with Crippen LogP contribution in [-0.2, 0) is 13.5 Å². The summed E-state index contributed by atoms with van der Waals surface area (Å²) in [6, 6.07) is 8.57. The fraction of sp³-hybridized carbons (Fsp3) is 0.400. The molecule has 0 saturated heterocycles. The minimum absolute atomic E-state index is 0.216. The number of benzene rings is 1. The Kier molecular flexibility index (Phi) is 3.98. The van der Waals surface area contributed by atoms with Crippen molar-refractivity contribution in [1.82, 2.24) is 24.7 Å². The maximum Gasteiger partial charge on any atom is 0.0772 e. The molecule has 2 aromatic heterocycles. The Morgan fingerprint density at radius 1 is 1.33 bits per heavy atom. The molecule has 1 N–H and O–H groups in total. The van der Waals surface area contributed by atoms with Crippen LogP contribution in [-0.4, -0.2) is 25.9 Å². The molecule has 21 heavy (non-hydrogen) atoms.